The Kier molecular flexibility index (Phi) is 4.77. The molecule has 3 heteroatoms. The number of benzene rings is 2. The van der Waals surface area contributed by atoms with Crippen molar-refractivity contribution in [1.29, 1.82) is 0 Å². The van der Waals surface area contributed by atoms with E-state index in [2.05, 4.69) is 11.9 Å². The molecule has 1 atom stereocenters. The van der Waals surface area contributed by atoms with Crippen LogP contribution in [-0.2, 0) is 9.53 Å². The number of aryl methyl sites for hydroxylation is 1. The second-order valence-electron chi connectivity index (χ2n) is 4.87. The fourth-order valence-electron chi connectivity index (χ4n) is 2.08. The summed E-state index contributed by atoms with van der Waals surface area (Å²) in [6.07, 6.45) is 0. The number of para-hydroxylation sites is 1. The van der Waals surface area contributed by atoms with Crippen molar-refractivity contribution in [3.63, 3.8) is 0 Å². The first kappa shape index (κ1) is 14.9. The standard InChI is InChI=1S/C18H19NO2/c1-13-9-11-15(12-10-13)17(14(2)18(20)21-3)19-16-7-5-4-6-8-16/h4-12,17,19H,2H2,1,3H3/t17-/m0/s1. The van der Waals surface area contributed by atoms with Gasteiger partial charge in [0.05, 0.1) is 18.7 Å². The maximum atomic E-state index is 11.8. The van der Waals surface area contributed by atoms with Crippen molar-refractivity contribution >= 4 is 11.7 Å². The van der Waals surface area contributed by atoms with Crippen LogP contribution in [0, 0.1) is 6.92 Å². The molecule has 0 aromatic heterocycles. The Morgan fingerprint density at radius 2 is 1.71 bits per heavy atom. The quantitative estimate of drug-likeness (QED) is 0.667. The third-order valence-corrected chi connectivity index (χ3v) is 3.29. The Morgan fingerprint density at radius 3 is 2.29 bits per heavy atom. The largest absolute Gasteiger partial charge is 0.466 e. The van der Waals surface area contributed by atoms with Gasteiger partial charge in [-0.2, -0.15) is 0 Å². The number of ether oxygens (including phenoxy) is 1. The first-order chi connectivity index (χ1) is 10.1. The molecule has 108 valence electrons. The predicted molar refractivity (Wildman–Crippen MR) is 85.1 cm³/mol. The van der Waals surface area contributed by atoms with Crippen LogP contribution in [0.5, 0.6) is 0 Å². The molecule has 0 bridgehead atoms. The summed E-state index contributed by atoms with van der Waals surface area (Å²) in [4.78, 5) is 11.8. The van der Waals surface area contributed by atoms with Crippen molar-refractivity contribution in [3.05, 3.63) is 77.9 Å². The molecule has 2 aromatic rings. The lowest BCUT2D eigenvalue weighted by atomic mass is 9.98. The lowest BCUT2D eigenvalue weighted by Crippen LogP contribution is -2.19. The van der Waals surface area contributed by atoms with E-state index in [0.29, 0.717) is 5.57 Å². The molecule has 0 unspecified atom stereocenters. The lowest BCUT2D eigenvalue weighted by Gasteiger charge is -2.21. The van der Waals surface area contributed by atoms with Crippen LogP contribution in [0.1, 0.15) is 17.2 Å². The van der Waals surface area contributed by atoms with Gasteiger partial charge in [-0.3, -0.25) is 0 Å². The van der Waals surface area contributed by atoms with Gasteiger partial charge >= 0.3 is 5.97 Å². The summed E-state index contributed by atoms with van der Waals surface area (Å²) in [7, 11) is 1.36. The van der Waals surface area contributed by atoms with E-state index < -0.39 is 5.97 Å². The highest BCUT2D eigenvalue weighted by molar-refractivity contribution is 5.90. The van der Waals surface area contributed by atoms with Crippen LogP contribution in [0.3, 0.4) is 0 Å². The number of carbonyl (C=O) groups is 1. The van der Waals surface area contributed by atoms with E-state index in [1.807, 2.05) is 61.5 Å². The Balaban J connectivity index is 2.32. The molecule has 0 radical (unpaired) electrons. The van der Waals surface area contributed by atoms with Gasteiger partial charge in [0.1, 0.15) is 0 Å². The van der Waals surface area contributed by atoms with E-state index in [4.69, 9.17) is 4.74 Å². The van der Waals surface area contributed by atoms with E-state index in [1.165, 1.54) is 12.7 Å². The summed E-state index contributed by atoms with van der Waals surface area (Å²) < 4.78 is 4.80. The van der Waals surface area contributed by atoms with Crippen LogP contribution in [0.4, 0.5) is 5.69 Å². The topological polar surface area (TPSA) is 38.3 Å². The molecule has 1 N–H and O–H groups in total. The molecule has 0 amide bonds. The maximum Gasteiger partial charge on any atom is 0.335 e. The minimum absolute atomic E-state index is 0.319. The molecule has 0 aliphatic heterocycles. The van der Waals surface area contributed by atoms with Gasteiger partial charge in [0, 0.05) is 5.69 Å². The summed E-state index contributed by atoms with van der Waals surface area (Å²) in [6, 6.07) is 17.4. The zero-order valence-electron chi connectivity index (χ0n) is 12.3. The Labute approximate surface area is 125 Å². The number of anilines is 1. The molecule has 21 heavy (non-hydrogen) atoms. The molecule has 0 aliphatic rings. The van der Waals surface area contributed by atoms with Crippen LogP contribution in [0.15, 0.2) is 66.7 Å². The van der Waals surface area contributed by atoms with Gasteiger partial charge in [0.2, 0.25) is 0 Å². The van der Waals surface area contributed by atoms with Crippen LogP contribution in [-0.4, -0.2) is 13.1 Å². The zero-order valence-corrected chi connectivity index (χ0v) is 12.3. The minimum Gasteiger partial charge on any atom is -0.466 e. The Bertz CT molecular complexity index is 617. The first-order valence-corrected chi connectivity index (χ1v) is 6.77. The molecule has 0 spiro atoms. The van der Waals surface area contributed by atoms with Crippen LogP contribution in [0.25, 0.3) is 0 Å². The van der Waals surface area contributed by atoms with Gasteiger partial charge in [-0.25, -0.2) is 4.79 Å². The monoisotopic (exact) mass is 281 g/mol. The zero-order chi connectivity index (χ0) is 15.2. The number of esters is 1. The molecule has 0 saturated carbocycles. The average Bonchev–Trinajstić information content (AvgIpc) is 2.53. The highest BCUT2D eigenvalue weighted by Gasteiger charge is 2.21. The number of carbonyl (C=O) groups excluding carboxylic acids is 1. The maximum absolute atomic E-state index is 11.8. The number of nitrogens with one attached hydrogen (secondary N) is 1. The molecular weight excluding hydrogens is 262 g/mol. The van der Waals surface area contributed by atoms with Crippen LogP contribution < -0.4 is 5.32 Å². The van der Waals surface area contributed by atoms with E-state index in [1.54, 1.807) is 0 Å². The highest BCUT2D eigenvalue weighted by atomic mass is 16.5. The van der Waals surface area contributed by atoms with E-state index in [0.717, 1.165) is 11.3 Å². The average molecular weight is 281 g/mol. The van der Waals surface area contributed by atoms with Crippen molar-refractivity contribution in [2.24, 2.45) is 0 Å². The van der Waals surface area contributed by atoms with Gasteiger partial charge in [0.25, 0.3) is 0 Å². The number of hydrogen-bond acceptors (Lipinski definition) is 3. The first-order valence-electron chi connectivity index (χ1n) is 6.77. The minimum atomic E-state index is -0.413. The Morgan fingerprint density at radius 1 is 1.10 bits per heavy atom. The summed E-state index contributed by atoms with van der Waals surface area (Å²) in [5.41, 5.74) is 3.44. The second-order valence-corrected chi connectivity index (χ2v) is 4.87. The van der Waals surface area contributed by atoms with E-state index >= 15 is 0 Å². The van der Waals surface area contributed by atoms with Gasteiger partial charge in [0.15, 0.2) is 0 Å². The molecule has 0 saturated heterocycles. The fourth-order valence-corrected chi connectivity index (χ4v) is 2.08. The lowest BCUT2D eigenvalue weighted by molar-refractivity contribution is -0.136. The summed E-state index contributed by atoms with van der Waals surface area (Å²) in [5, 5.41) is 3.33. The summed E-state index contributed by atoms with van der Waals surface area (Å²) >= 11 is 0. The van der Waals surface area contributed by atoms with Crippen molar-refractivity contribution in [2.45, 2.75) is 13.0 Å². The molecule has 3 nitrogen and oxygen atoms in total. The third kappa shape index (κ3) is 3.72. The van der Waals surface area contributed by atoms with E-state index in [9.17, 15) is 4.79 Å². The fraction of sp³-hybridized carbons (Fsp3) is 0.167. The SMILES string of the molecule is C=C(C(=O)OC)[C@H](Nc1ccccc1)c1ccc(C)cc1. The molecule has 2 aromatic carbocycles. The van der Waals surface area contributed by atoms with Gasteiger partial charge in [-0.1, -0.05) is 54.6 Å². The third-order valence-electron chi connectivity index (χ3n) is 3.29. The van der Waals surface area contributed by atoms with Gasteiger partial charge < -0.3 is 10.1 Å². The molecular formula is C18H19NO2. The molecule has 0 heterocycles. The summed E-state index contributed by atoms with van der Waals surface area (Å²) in [6.45, 7) is 5.91. The van der Waals surface area contributed by atoms with Crippen molar-refractivity contribution in [1.82, 2.24) is 0 Å². The normalized spacial score (nSPS) is 11.5. The van der Waals surface area contributed by atoms with Crippen molar-refractivity contribution in [3.8, 4) is 0 Å². The second kappa shape index (κ2) is 6.75. The number of methoxy groups -OCH3 is 1. The van der Waals surface area contributed by atoms with E-state index in [-0.39, 0.29) is 6.04 Å². The van der Waals surface area contributed by atoms with Crippen LogP contribution in [0.2, 0.25) is 0 Å². The molecule has 0 aliphatic carbocycles. The number of hydrogen-bond donors (Lipinski definition) is 1. The predicted octanol–water partition coefficient (Wildman–Crippen LogP) is 3.88. The van der Waals surface area contributed by atoms with Gasteiger partial charge in [-0.15, -0.1) is 0 Å². The summed E-state index contributed by atoms with van der Waals surface area (Å²) in [5.74, 6) is -0.413. The highest BCUT2D eigenvalue weighted by Crippen LogP contribution is 2.26. The number of rotatable bonds is 5. The Hall–Kier alpha value is -2.55. The smallest absolute Gasteiger partial charge is 0.335 e. The molecule has 2 rings (SSSR count). The van der Waals surface area contributed by atoms with Gasteiger partial charge in [-0.05, 0) is 24.6 Å². The van der Waals surface area contributed by atoms with Crippen molar-refractivity contribution in [2.75, 3.05) is 12.4 Å². The van der Waals surface area contributed by atoms with Crippen LogP contribution >= 0.6 is 0 Å². The van der Waals surface area contributed by atoms with Crippen molar-refractivity contribution < 1.29 is 9.53 Å². The molecule has 0 fully saturated rings.